The van der Waals surface area contributed by atoms with Crippen LogP contribution in [0.1, 0.15) is 6.92 Å². The Morgan fingerprint density at radius 1 is 1.75 bits per heavy atom. The predicted octanol–water partition coefficient (Wildman–Crippen LogP) is 1.75. The quantitative estimate of drug-likeness (QED) is 0.758. The van der Waals surface area contributed by atoms with E-state index in [9.17, 15) is 0 Å². The third-order valence-electron chi connectivity index (χ3n) is 1.34. The second-order valence-electron chi connectivity index (χ2n) is 2.32. The molecule has 0 bridgehead atoms. The van der Waals surface area contributed by atoms with Crippen molar-refractivity contribution in [3.63, 3.8) is 0 Å². The number of hydrogen-bond acceptors (Lipinski definition) is 3. The molecule has 1 aromatic heterocycles. The number of nitrogens with two attached hydrogens (primary N) is 1. The molecule has 5 heteroatoms. The number of rotatable bonds is 3. The van der Waals surface area contributed by atoms with Crippen LogP contribution < -0.4 is 10.0 Å². The molecule has 1 heterocycles. The molecule has 1 atom stereocenters. The summed E-state index contributed by atoms with van der Waals surface area (Å²) in [4.78, 5) is 3.89. The molecular formula is C7H11N2OPS. The van der Waals surface area contributed by atoms with Gasteiger partial charge in [-0.1, -0.05) is 6.92 Å². The highest BCUT2D eigenvalue weighted by molar-refractivity contribution is 8.11. The summed E-state index contributed by atoms with van der Waals surface area (Å²) in [7, 11) is 0. The van der Waals surface area contributed by atoms with Crippen LogP contribution in [0.3, 0.4) is 0 Å². The van der Waals surface area contributed by atoms with E-state index < -0.39 is 6.42 Å². The molecule has 0 aromatic carbocycles. The third-order valence-corrected chi connectivity index (χ3v) is 3.73. The van der Waals surface area contributed by atoms with Gasteiger partial charge in [-0.2, -0.15) is 0 Å². The lowest BCUT2D eigenvalue weighted by Crippen LogP contribution is -2.04. The molecular weight excluding hydrogens is 191 g/mol. The molecule has 1 rings (SSSR count). The second-order valence-corrected chi connectivity index (χ2v) is 6.44. The minimum absolute atomic E-state index is 0.658. The molecule has 0 saturated heterocycles. The molecule has 1 unspecified atom stereocenters. The maximum absolute atomic E-state index is 5.72. The molecule has 1 aromatic rings. The van der Waals surface area contributed by atoms with Crippen LogP contribution in [0.4, 0.5) is 0 Å². The van der Waals surface area contributed by atoms with Crippen molar-refractivity contribution in [1.29, 1.82) is 0 Å². The van der Waals surface area contributed by atoms with Gasteiger partial charge in [0.15, 0.2) is 6.42 Å². The molecule has 0 spiro atoms. The average molecular weight is 202 g/mol. The first-order chi connectivity index (χ1) is 5.64. The van der Waals surface area contributed by atoms with E-state index in [0.717, 1.165) is 0 Å². The van der Waals surface area contributed by atoms with Gasteiger partial charge in [-0.15, -0.1) is 0 Å². The summed E-state index contributed by atoms with van der Waals surface area (Å²) in [6.07, 6.45) is 1.88. The molecule has 2 N–H and O–H groups in total. The predicted molar refractivity (Wildman–Crippen MR) is 53.9 cm³/mol. The molecule has 0 amide bonds. The van der Waals surface area contributed by atoms with Crippen LogP contribution in [0.5, 0.6) is 5.75 Å². The van der Waals surface area contributed by atoms with Gasteiger partial charge in [0.25, 0.3) is 0 Å². The van der Waals surface area contributed by atoms with Gasteiger partial charge in [-0.3, -0.25) is 10.5 Å². The number of pyridine rings is 1. The van der Waals surface area contributed by atoms with Crippen molar-refractivity contribution in [2.75, 3.05) is 6.16 Å². The van der Waals surface area contributed by atoms with Gasteiger partial charge < -0.3 is 4.52 Å². The van der Waals surface area contributed by atoms with E-state index in [1.807, 2.05) is 6.92 Å². The van der Waals surface area contributed by atoms with Crippen molar-refractivity contribution in [3.8, 4) is 5.75 Å². The summed E-state index contributed by atoms with van der Waals surface area (Å²) < 4.78 is 5.39. The number of hydrogen-bond donors (Lipinski definition) is 1. The summed E-state index contributed by atoms with van der Waals surface area (Å²) in [6, 6.07) is 3.59. The summed E-state index contributed by atoms with van der Waals surface area (Å²) in [5.74, 6) is 0.658. The van der Waals surface area contributed by atoms with Gasteiger partial charge in [-0.05, 0) is 23.9 Å². The zero-order chi connectivity index (χ0) is 9.03. The normalized spacial score (nSPS) is 15.2. The Morgan fingerprint density at radius 2 is 2.50 bits per heavy atom. The number of aromatic nitrogens is 1. The first-order valence-electron chi connectivity index (χ1n) is 3.61. The first-order valence-corrected chi connectivity index (χ1v) is 6.59. The molecule has 0 fully saturated rings. The minimum Gasteiger partial charge on any atom is -0.452 e. The van der Waals surface area contributed by atoms with Crippen LogP contribution in [0.2, 0.25) is 0 Å². The van der Waals surface area contributed by atoms with E-state index in [1.165, 1.54) is 0 Å². The summed E-state index contributed by atoms with van der Waals surface area (Å²) in [5.41, 5.74) is 5.72. The molecule has 0 aliphatic rings. The Labute approximate surface area is 77.1 Å². The van der Waals surface area contributed by atoms with Crippen LogP contribution in [0.15, 0.2) is 24.5 Å². The Kier molecular flexibility index (Phi) is 3.20. The fourth-order valence-corrected chi connectivity index (χ4v) is 1.50. The summed E-state index contributed by atoms with van der Waals surface area (Å²) in [6.45, 7) is 1.93. The topological polar surface area (TPSA) is 48.1 Å². The van der Waals surface area contributed by atoms with Gasteiger partial charge in [0.2, 0.25) is 0 Å². The third kappa shape index (κ3) is 2.89. The molecule has 0 radical (unpaired) electrons. The zero-order valence-electron chi connectivity index (χ0n) is 6.80. The fraction of sp³-hybridized carbons (Fsp3) is 0.286. The van der Waals surface area contributed by atoms with Crippen LogP contribution in [-0.2, 0) is 11.8 Å². The van der Waals surface area contributed by atoms with Crippen LogP contribution in [0.25, 0.3) is 0 Å². The highest BCUT2D eigenvalue weighted by Crippen LogP contribution is 2.37. The highest BCUT2D eigenvalue weighted by atomic mass is 32.4. The Hall–Kier alpha value is -0.440. The van der Waals surface area contributed by atoms with Crippen LogP contribution in [0, 0.1) is 0 Å². The second kappa shape index (κ2) is 3.99. The maximum atomic E-state index is 5.72. The van der Waals surface area contributed by atoms with Gasteiger partial charge in [-0.25, -0.2) is 0 Å². The molecule has 66 valence electrons. The smallest absolute Gasteiger partial charge is 0.175 e. The van der Waals surface area contributed by atoms with E-state index in [2.05, 4.69) is 4.98 Å². The van der Waals surface area contributed by atoms with Crippen molar-refractivity contribution in [1.82, 2.24) is 4.98 Å². The lowest BCUT2D eigenvalue weighted by atomic mass is 10.5. The molecule has 0 aliphatic carbocycles. The van der Waals surface area contributed by atoms with Crippen molar-refractivity contribution in [3.05, 3.63) is 24.5 Å². The van der Waals surface area contributed by atoms with E-state index in [-0.39, 0.29) is 0 Å². The van der Waals surface area contributed by atoms with Gasteiger partial charge in [0.05, 0.1) is 6.20 Å². The summed E-state index contributed by atoms with van der Waals surface area (Å²) >= 11 is 5.07. The SMILES string of the molecule is CCP(N)(=S)Oc1cccnc1. The van der Waals surface area contributed by atoms with E-state index in [0.29, 0.717) is 11.9 Å². The lowest BCUT2D eigenvalue weighted by molar-refractivity contribution is 0.608. The van der Waals surface area contributed by atoms with Crippen LogP contribution in [-0.4, -0.2) is 11.1 Å². The molecule has 12 heavy (non-hydrogen) atoms. The highest BCUT2D eigenvalue weighted by Gasteiger charge is 2.08. The average Bonchev–Trinajstić information content (AvgIpc) is 2.06. The van der Waals surface area contributed by atoms with Gasteiger partial charge in [0.1, 0.15) is 5.75 Å². The Balaban J connectivity index is 2.71. The van der Waals surface area contributed by atoms with Crippen molar-refractivity contribution >= 4 is 18.2 Å². The summed E-state index contributed by atoms with van der Waals surface area (Å²) in [5, 5.41) is 0. The lowest BCUT2D eigenvalue weighted by Gasteiger charge is -2.15. The van der Waals surface area contributed by atoms with E-state index >= 15 is 0 Å². The van der Waals surface area contributed by atoms with Crippen molar-refractivity contribution in [2.45, 2.75) is 6.92 Å². The fourth-order valence-electron chi connectivity index (χ4n) is 0.644. The molecule has 0 saturated carbocycles. The van der Waals surface area contributed by atoms with Gasteiger partial charge in [0, 0.05) is 12.4 Å². The van der Waals surface area contributed by atoms with Gasteiger partial charge >= 0.3 is 0 Å². The maximum Gasteiger partial charge on any atom is 0.175 e. The van der Waals surface area contributed by atoms with E-state index in [4.69, 9.17) is 21.8 Å². The molecule has 0 aliphatic heterocycles. The number of nitrogens with zero attached hydrogens (tertiary/aromatic N) is 1. The van der Waals surface area contributed by atoms with Crippen molar-refractivity contribution in [2.24, 2.45) is 5.50 Å². The van der Waals surface area contributed by atoms with Crippen LogP contribution >= 0.6 is 6.42 Å². The first kappa shape index (κ1) is 9.65. The minimum atomic E-state index is -2.10. The van der Waals surface area contributed by atoms with Crippen molar-refractivity contribution < 1.29 is 4.52 Å². The zero-order valence-corrected chi connectivity index (χ0v) is 8.52. The largest absolute Gasteiger partial charge is 0.452 e. The monoisotopic (exact) mass is 202 g/mol. The Morgan fingerprint density at radius 3 is 3.00 bits per heavy atom. The molecule has 3 nitrogen and oxygen atoms in total. The Bertz CT molecular complexity index is 291. The standard InChI is InChI=1S/C7H11N2OPS/c1-2-11(8,12)10-7-4-3-5-9-6-7/h3-6H,2H2,1H3,(H2,8,12). The van der Waals surface area contributed by atoms with E-state index in [1.54, 1.807) is 24.5 Å².